The Hall–Kier alpha value is -2.92. The Bertz CT molecular complexity index is 890. The van der Waals surface area contributed by atoms with E-state index in [1.165, 1.54) is 0 Å². The van der Waals surface area contributed by atoms with Gasteiger partial charge in [-0.3, -0.25) is 0 Å². The summed E-state index contributed by atoms with van der Waals surface area (Å²) in [6.45, 7) is 2.85. The van der Waals surface area contributed by atoms with Crippen molar-refractivity contribution >= 4 is 11.6 Å². The van der Waals surface area contributed by atoms with E-state index >= 15 is 0 Å². The second kappa shape index (κ2) is 13.4. The van der Waals surface area contributed by atoms with Crippen molar-refractivity contribution in [2.24, 2.45) is 0 Å². The maximum absolute atomic E-state index is 9.38. The molecule has 0 bridgehead atoms. The van der Waals surface area contributed by atoms with Crippen LogP contribution in [0.3, 0.4) is 0 Å². The van der Waals surface area contributed by atoms with Gasteiger partial charge in [0.25, 0.3) is 0 Å². The van der Waals surface area contributed by atoms with Gasteiger partial charge in [0.1, 0.15) is 12.4 Å². The maximum Gasteiger partial charge on any atom is 0.119 e. The van der Waals surface area contributed by atoms with Crippen LogP contribution < -0.4 is 4.74 Å². The highest BCUT2D eigenvalue weighted by Crippen LogP contribution is 2.22. The first kappa shape index (κ1) is 22.8. The Labute approximate surface area is 184 Å². The number of ether oxygens (including phenoxy) is 3. The van der Waals surface area contributed by atoms with E-state index in [1.54, 1.807) is 0 Å². The molecule has 3 rings (SSSR count). The van der Waals surface area contributed by atoms with E-state index < -0.39 is 0 Å². The fraction of sp³-hybridized carbons (Fsp3) is 0.259. The number of rotatable bonds is 13. The molecule has 3 aromatic carbocycles. The van der Waals surface area contributed by atoms with Gasteiger partial charge in [-0.1, -0.05) is 78.9 Å². The lowest BCUT2D eigenvalue weighted by Gasteiger charge is -2.09. The molecule has 0 radical (unpaired) electrons. The van der Waals surface area contributed by atoms with Crippen molar-refractivity contribution in [3.05, 3.63) is 102 Å². The predicted molar refractivity (Wildman–Crippen MR) is 125 cm³/mol. The van der Waals surface area contributed by atoms with Crippen molar-refractivity contribution in [1.82, 2.24) is 0 Å². The molecule has 0 unspecified atom stereocenters. The van der Waals surface area contributed by atoms with Crippen LogP contribution in [0.1, 0.15) is 23.1 Å². The Morgan fingerprint density at radius 3 is 2.06 bits per heavy atom. The summed E-state index contributed by atoms with van der Waals surface area (Å²) in [5.41, 5.74) is 4.48. The van der Waals surface area contributed by atoms with Crippen LogP contribution in [0.2, 0.25) is 0 Å². The molecule has 0 aromatic heterocycles. The third-order valence-corrected chi connectivity index (χ3v) is 4.73. The summed E-state index contributed by atoms with van der Waals surface area (Å²) in [5.74, 6) is 0.810. The van der Waals surface area contributed by atoms with E-state index in [0.717, 1.165) is 28.0 Å². The van der Waals surface area contributed by atoms with Crippen LogP contribution in [0.25, 0.3) is 11.6 Å². The van der Waals surface area contributed by atoms with Crippen LogP contribution in [-0.2, 0) is 16.1 Å². The number of hydrogen-bond donors (Lipinski definition) is 1. The van der Waals surface area contributed by atoms with Crippen LogP contribution >= 0.6 is 0 Å². The van der Waals surface area contributed by atoms with Gasteiger partial charge in [0, 0.05) is 6.61 Å². The molecule has 1 N–H and O–H groups in total. The van der Waals surface area contributed by atoms with Gasteiger partial charge in [0.15, 0.2) is 0 Å². The molecule has 0 aliphatic heterocycles. The molecule has 0 saturated heterocycles. The Morgan fingerprint density at radius 1 is 0.710 bits per heavy atom. The third-order valence-electron chi connectivity index (χ3n) is 4.73. The van der Waals surface area contributed by atoms with Gasteiger partial charge in [-0.15, -0.1) is 0 Å². The number of aliphatic hydroxyl groups is 1. The largest absolute Gasteiger partial charge is 0.491 e. The van der Waals surface area contributed by atoms with Gasteiger partial charge < -0.3 is 19.3 Å². The van der Waals surface area contributed by atoms with E-state index in [1.807, 2.05) is 72.8 Å². The van der Waals surface area contributed by atoms with Gasteiger partial charge in [0.2, 0.25) is 0 Å². The van der Waals surface area contributed by atoms with Crippen molar-refractivity contribution in [2.45, 2.75) is 13.0 Å². The normalized spacial score (nSPS) is 11.5. The summed E-state index contributed by atoms with van der Waals surface area (Å²) in [5, 5.41) is 9.38. The van der Waals surface area contributed by atoms with Crippen molar-refractivity contribution in [3.8, 4) is 5.75 Å². The monoisotopic (exact) mass is 418 g/mol. The summed E-state index contributed by atoms with van der Waals surface area (Å²) < 4.78 is 16.9. The highest BCUT2D eigenvalue weighted by Gasteiger charge is 2.02. The summed E-state index contributed by atoms with van der Waals surface area (Å²) in [4.78, 5) is 0. The second-order valence-corrected chi connectivity index (χ2v) is 7.08. The molecule has 0 spiro atoms. The minimum absolute atomic E-state index is 0.124. The van der Waals surface area contributed by atoms with Crippen LogP contribution in [0.4, 0.5) is 0 Å². The van der Waals surface area contributed by atoms with E-state index in [9.17, 15) is 5.11 Å². The molecule has 0 amide bonds. The Kier molecular flexibility index (Phi) is 9.83. The highest BCUT2D eigenvalue weighted by molar-refractivity contribution is 5.81. The SMILES string of the molecule is OCCC(=Cc1ccc(OCCOCCOCc2ccccc2)cc1)c1ccccc1. The zero-order chi connectivity index (χ0) is 21.6. The number of aliphatic hydroxyl groups excluding tert-OH is 1. The zero-order valence-electron chi connectivity index (χ0n) is 17.8. The molecular formula is C27H30O4. The molecule has 4 nitrogen and oxygen atoms in total. The average molecular weight is 419 g/mol. The second-order valence-electron chi connectivity index (χ2n) is 7.08. The number of benzene rings is 3. The molecule has 0 fully saturated rings. The van der Waals surface area contributed by atoms with E-state index in [4.69, 9.17) is 14.2 Å². The molecule has 0 heterocycles. The average Bonchev–Trinajstić information content (AvgIpc) is 2.83. The molecule has 0 saturated carbocycles. The maximum atomic E-state index is 9.38. The van der Waals surface area contributed by atoms with Gasteiger partial charge in [-0.2, -0.15) is 0 Å². The molecular weight excluding hydrogens is 388 g/mol. The van der Waals surface area contributed by atoms with Gasteiger partial charge in [-0.25, -0.2) is 0 Å². The Morgan fingerprint density at radius 2 is 1.35 bits per heavy atom. The van der Waals surface area contributed by atoms with Crippen LogP contribution in [0, 0.1) is 0 Å². The molecule has 0 aliphatic rings. The first-order valence-corrected chi connectivity index (χ1v) is 10.6. The first-order chi connectivity index (χ1) is 15.3. The predicted octanol–water partition coefficient (Wildman–Crippen LogP) is 5.22. The molecule has 3 aromatic rings. The van der Waals surface area contributed by atoms with Gasteiger partial charge >= 0.3 is 0 Å². The van der Waals surface area contributed by atoms with E-state index in [2.05, 4.69) is 18.2 Å². The smallest absolute Gasteiger partial charge is 0.119 e. The number of hydrogen-bond acceptors (Lipinski definition) is 4. The van der Waals surface area contributed by atoms with E-state index in [-0.39, 0.29) is 6.61 Å². The fourth-order valence-electron chi connectivity index (χ4n) is 3.14. The fourth-order valence-corrected chi connectivity index (χ4v) is 3.14. The zero-order valence-corrected chi connectivity index (χ0v) is 17.8. The summed E-state index contributed by atoms with van der Waals surface area (Å²) in [7, 11) is 0. The molecule has 31 heavy (non-hydrogen) atoms. The van der Waals surface area contributed by atoms with Crippen LogP contribution in [-0.4, -0.2) is 38.1 Å². The minimum Gasteiger partial charge on any atom is -0.491 e. The van der Waals surface area contributed by atoms with Gasteiger partial charge in [-0.05, 0) is 40.8 Å². The first-order valence-electron chi connectivity index (χ1n) is 10.6. The lowest BCUT2D eigenvalue weighted by Crippen LogP contribution is -2.10. The molecule has 4 heteroatoms. The molecule has 162 valence electrons. The summed E-state index contributed by atoms with van der Waals surface area (Å²) in [6.07, 6.45) is 2.72. The van der Waals surface area contributed by atoms with E-state index in [0.29, 0.717) is 39.5 Å². The van der Waals surface area contributed by atoms with Crippen LogP contribution in [0.5, 0.6) is 5.75 Å². The molecule has 0 atom stereocenters. The van der Waals surface area contributed by atoms with Crippen molar-refractivity contribution in [2.75, 3.05) is 33.0 Å². The molecule has 0 aliphatic carbocycles. The summed E-state index contributed by atoms with van der Waals surface area (Å²) >= 11 is 0. The van der Waals surface area contributed by atoms with Crippen molar-refractivity contribution in [3.63, 3.8) is 0 Å². The lowest BCUT2D eigenvalue weighted by atomic mass is 10.0. The quantitative estimate of drug-likeness (QED) is 0.305. The van der Waals surface area contributed by atoms with Crippen molar-refractivity contribution in [1.29, 1.82) is 0 Å². The standard InChI is InChI=1S/C27H30O4/c28-16-15-26(25-9-5-2-6-10-25)21-23-11-13-27(14-12-23)31-20-19-29-17-18-30-22-24-7-3-1-4-8-24/h1-14,21,28H,15-20,22H2. The minimum atomic E-state index is 0.124. The lowest BCUT2D eigenvalue weighted by molar-refractivity contribution is 0.0303. The van der Waals surface area contributed by atoms with Crippen LogP contribution in [0.15, 0.2) is 84.9 Å². The third kappa shape index (κ3) is 8.38. The summed E-state index contributed by atoms with van der Waals surface area (Å²) in [6, 6.07) is 28.2. The Balaban J connectivity index is 1.35. The van der Waals surface area contributed by atoms with Crippen molar-refractivity contribution < 1.29 is 19.3 Å². The van der Waals surface area contributed by atoms with Gasteiger partial charge in [0.05, 0.1) is 26.4 Å². The topological polar surface area (TPSA) is 47.9 Å². The highest BCUT2D eigenvalue weighted by atomic mass is 16.5.